The van der Waals surface area contributed by atoms with Crippen LogP contribution < -0.4 is 37.1 Å². The van der Waals surface area contributed by atoms with E-state index in [2.05, 4.69) is 167 Å². The molecule has 0 fully saturated rings. The monoisotopic (exact) mass is 810 g/mol. The minimum absolute atomic E-state index is 0.741. The first-order valence-electron chi connectivity index (χ1n) is 20.9. The summed E-state index contributed by atoms with van der Waals surface area (Å²) in [7, 11) is 1.66. The molecule has 3 N–H and O–H groups in total. The van der Waals surface area contributed by atoms with Gasteiger partial charge in [0, 0.05) is 10.9 Å². The van der Waals surface area contributed by atoms with Crippen LogP contribution in [0.25, 0.3) is 22.4 Å². The number of benzene rings is 4. The second-order valence-electron chi connectivity index (χ2n) is 16.3. The number of rotatable bonds is 7. The van der Waals surface area contributed by atoms with Crippen molar-refractivity contribution in [3.05, 3.63) is 217 Å². The van der Waals surface area contributed by atoms with Crippen LogP contribution in [0.1, 0.15) is 50.1 Å². The number of hydrogen-bond donors (Lipinski definition) is 3. The first-order valence-corrected chi connectivity index (χ1v) is 20.9. The number of furan rings is 1. The zero-order valence-electron chi connectivity index (χ0n) is 35.9. The number of nitrogens with one attached hydrogen (secondary N) is 3. The van der Waals surface area contributed by atoms with Gasteiger partial charge in [0.15, 0.2) is 0 Å². The normalized spacial score (nSPS) is 15.2. The zero-order chi connectivity index (χ0) is 42.6. The van der Waals surface area contributed by atoms with Gasteiger partial charge in [0.25, 0.3) is 0 Å². The zero-order valence-corrected chi connectivity index (χ0v) is 35.9. The van der Waals surface area contributed by atoms with E-state index in [4.69, 9.17) is 24.1 Å². The summed E-state index contributed by atoms with van der Waals surface area (Å²) in [6, 6.07) is 33.4. The highest BCUT2D eigenvalue weighted by Gasteiger charge is 2.24. The summed E-state index contributed by atoms with van der Waals surface area (Å²) in [4.78, 5) is 19.6. The summed E-state index contributed by atoms with van der Waals surface area (Å²) >= 11 is 0. The standard InChI is InChI=1S/C54H46N6O2/c1-30-26-32(3)50(33(4)27-30)53-46-22-18-42(57-46)40-16-20-44(55-40)52(36-8-10-37(11-9-36)59-60-38-12-14-39(61-7)15-13-38)45-21-17-41(56-45)43-19-23-47(58-43)54(49-25-24-48(53)62-49)51-34(5)28-31(2)29-35(51)6/h8-29,55,59-60H,1-7H3. The summed E-state index contributed by atoms with van der Waals surface area (Å²) in [5.74, 6) is 0.806. The maximum absolute atomic E-state index is 7.06. The highest BCUT2D eigenvalue weighted by atomic mass is 16.5. The molecule has 0 aliphatic carbocycles. The van der Waals surface area contributed by atoms with E-state index in [0.29, 0.717) is 0 Å². The maximum Gasteiger partial charge on any atom is 0.137 e. The summed E-state index contributed by atoms with van der Waals surface area (Å²) < 4.78 is 12.4. The SMILES string of the molecule is COc1ccc(NNc2ccc(C3=c4ccc([nH]4)=C4C=CC(=N4)C(c4c(C)cc(C)cc4C)=c4ccc(o4)=C(c4c(C)cc(C)cc4C)C4=NC(=C5C=CC3=N5)C=C4)cc2)cc1. The number of hydrogen-bond acceptors (Lipinski definition) is 7. The number of methoxy groups -OCH3 is 1. The second kappa shape index (κ2) is 15.4. The summed E-state index contributed by atoms with van der Waals surface area (Å²) in [5, 5.41) is 1.83. The number of aromatic nitrogens is 1. The lowest BCUT2D eigenvalue weighted by Crippen LogP contribution is -2.18. The lowest BCUT2D eigenvalue weighted by Gasteiger charge is -2.14. The van der Waals surface area contributed by atoms with E-state index in [-0.39, 0.29) is 0 Å². The number of hydrazine groups is 1. The summed E-state index contributed by atoms with van der Waals surface area (Å²) in [5.41, 5.74) is 28.0. The molecule has 4 aliphatic heterocycles. The third-order valence-corrected chi connectivity index (χ3v) is 11.7. The third-order valence-electron chi connectivity index (χ3n) is 11.7. The number of nitrogens with zero attached hydrogens (tertiary/aromatic N) is 3. The van der Waals surface area contributed by atoms with Crippen LogP contribution in [0.15, 0.2) is 164 Å². The van der Waals surface area contributed by atoms with Crippen molar-refractivity contribution in [2.75, 3.05) is 18.0 Å². The van der Waals surface area contributed by atoms with Crippen LogP contribution in [0, 0.1) is 41.5 Å². The van der Waals surface area contributed by atoms with Gasteiger partial charge >= 0.3 is 0 Å². The molecule has 8 heteroatoms. The number of ether oxygens (including phenoxy) is 1. The maximum atomic E-state index is 7.06. The van der Waals surface area contributed by atoms with Gasteiger partial charge in [-0.2, -0.15) is 0 Å². The lowest BCUT2D eigenvalue weighted by molar-refractivity contribution is 0.415. The number of anilines is 2. The van der Waals surface area contributed by atoms with E-state index >= 15 is 0 Å². The Balaban J connectivity index is 1.19. The van der Waals surface area contributed by atoms with Gasteiger partial charge in [-0.15, -0.1) is 0 Å². The topological polar surface area (TPSA) is 99.3 Å². The quantitative estimate of drug-likeness (QED) is 0.141. The predicted octanol–water partition coefficient (Wildman–Crippen LogP) is 8.57. The first-order chi connectivity index (χ1) is 30.1. The van der Waals surface area contributed by atoms with E-state index < -0.39 is 0 Å². The first kappa shape index (κ1) is 38.5. The smallest absolute Gasteiger partial charge is 0.137 e. The molecule has 4 aromatic carbocycles. The van der Waals surface area contributed by atoms with Crippen molar-refractivity contribution in [1.82, 2.24) is 4.98 Å². The van der Waals surface area contributed by atoms with Gasteiger partial charge in [0.2, 0.25) is 0 Å². The molecule has 0 saturated heterocycles. The average Bonchev–Trinajstić information content (AvgIpc) is 4.11. The minimum atomic E-state index is 0.741. The molecule has 304 valence electrons. The van der Waals surface area contributed by atoms with E-state index in [1.165, 1.54) is 22.3 Å². The number of fused-ring (bicyclic) bond motifs is 7. The Morgan fingerprint density at radius 3 is 1.40 bits per heavy atom. The minimum Gasteiger partial charge on any atom is -0.497 e. The van der Waals surface area contributed by atoms with Crippen LogP contribution in [0.4, 0.5) is 11.4 Å². The van der Waals surface area contributed by atoms with Gasteiger partial charge in [0.05, 0.1) is 69.2 Å². The Hall–Kier alpha value is -7.71. The Morgan fingerprint density at radius 2 is 0.903 bits per heavy atom. The van der Waals surface area contributed by atoms with E-state index in [0.717, 1.165) is 117 Å². The molecule has 4 aliphatic rings. The predicted molar refractivity (Wildman–Crippen MR) is 254 cm³/mol. The Bertz CT molecular complexity index is 3310. The second-order valence-corrected chi connectivity index (χ2v) is 16.3. The molecule has 6 aromatic rings. The molecule has 0 radical (unpaired) electrons. The Labute approximate surface area is 360 Å². The molecule has 0 amide bonds. The third kappa shape index (κ3) is 6.99. The molecule has 0 spiro atoms. The highest BCUT2D eigenvalue weighted by molar-refractivity contribution is 6.33. The largest absolute Gasteiger partial charge is 0.497 e. The number of aromatic amines is 1. The molecule has 6 heterocycles. The molecule has 0 saturated carbocycles. The van der Waals surface area contributed by atoms with E-state index in [9.17, 15) is 0 Å². The van der Waals surface area contributed by atoms with Crippen molar-refractivity contribution in [3.63, 3.8) is 0 Å². The van der Waals surface area contributed by atoms with Crippen molar-refractivity contribution in [2.45, 2.75) is 41.5 Å². The summed E-state index contributed by atoms with van der Waals surface area (Å²) in [6.07, 6.45) is 12.5. The van der Waals surface area contributed by atoms with Gasteiger partial charge in [-0.3, -0.25) is 0 Å². The van der Waals surface area contributed by atoms with Gasteiger partial charge in [-0.25, -0.2) is 15.0 Å². The fourth-order valence-corrected chi connectivity index (χ4v) is 9.12. The Kier molecular flexibility index (Phi) is 9.56. The molecule has 10 rings (SSSR count). The number of aryl methyl sites for hydroxylation is 6. The van der Waals surface area contributed by atoms with Crippen LogP contribution in [0.2, 0.25) is 0 Å². The lowest BCUT2D eigenvalue weighted by atomic mass is 9.91. The van der Waals surface area contributed by atoms with Crippen molar-refractivity contribution in [3.8, 4) is 5.75 Å². The van der Waals surface area contributed by atoms with Crippen molar-refractivity contribution < 1.29 is 9.15 Å². The van der Waals surface area contributed by atoms with Crippen molar-refractivity contribution >= 4 is 50.9 Å². The van der Waals surface area contributed by atoms with E-state index in [1.54, 1.807) is 7.11 Å². The number of allylic oxidation sites excluding steroid dienone is 5. The van der Waals surface area contributed by atoms with E-state index in [1.807, 2.05) is 24.3 Å². The fourth-order valence-electron chi connectivity index (χ4n) is 9.12. The number of H-pyrrole nitrogens is 1. The average molecular weight is 811 g/mol. The molecule has 8 nitrogen and oxygen atoms in total. The molecule has 10 bridgehead atoms. The van der Waals surface area contributed by atoms with Crippen LogP contribution in [0.3, 0.4) is 0 Å². The molecule has 0 unspecified atom stereocenters. The molecular formula is C54H46N6O2. The number of aliphatic imine (C=N–C) groups is 3. The van der Waals surface area contributed by atoms with Crippen LogP contribution >= 0.6 is 0 Å². The molecule has 2 aromatic heterocycles. The van der Waals surface area contributed by atoms with Gasteiger partial charge in [-0.1, -0.05) is 47.5 Å². The van der Waals surface area contributed by atoms with Gasteiger partial charge in [-0.05, 0) is 178 Å². The van der Waals surface area contributed by atoms with Crippen LogP contribution in [0.5, 0.6) is 5.75 Å². The van der Waals surface area contributed by atoms with Crippen LogP contribution in [-0.4, -0.2) is 29.2 Å². The molecular weight excluding hydrogens is 765 g/mol. The van der Waals surface area contributed by atoms with Gasteiger partial charge < -0.3 is 25.0 Å². The van der Waals surface area contributed by atoms with Crippen molar-refractivity contribution in [1.29, 1.82) is 0 Å². The fraction of sp³-hybridized carbons (Fsp3) is 0.130. The highest BCUT2D eigenvalue weighted by Crippen LogP contribution is 2.32. The van der Waals surface area contributed by atoms with Crippen molar-refractivity contribution in [2.24, 2.45) is 15.0 Å². The molecule has 0 atom stereocenters. The summed E-state index contributed by atoms with van der Waals surface area (Å²) in [6.45, 7) is 13.0. The van der Waals surface area contributed by atoms with Crippen LogP contribution in [-0.2, 0) is 0 Å². The van der Waals surface area contributed by atoms with Gasteiger partial charge in [0.1, 0.15) is 16.6 Å². The molecule has 62 heavy (non-hydrogen) atoms. The Morgan fingerprint density at radius 1 is 0.468 bits per heavy atom.